The molecule has 1 aliphatic rings. The Morgan fingerprint density at radius 1 is 1.33 bits per heavy atom. The van der Waals surface area contributed by atoms with Crippen LogP contribution in [0.4, 0.5) is 0 Å². The second-order valence-corrected chi connectivity index (χ2v) is 7.55. The number of piperidine rings is 1. The molecule has 3 unspecified atom stereocenters. The SMILES string of the molecule is CC1CC(N(C)C(=O)C(C)(N)c2ccc(Br)cc2)CCN1C.Cl.Cl. The van der Waals surface area contributed by atoms with Gasteiger partial charge in [0.2, 0.25) is 5.91 Å². The van der Waals surface area contributed by atoms with Crippen molar-refractivity contribution in [1.29, 1.82) is 0 Å². The number of halogens is 3. The molecular weight excluding hydrogens is 413 g/mol. The summed E-state index contributed by atoms with van der Waals surface area (Å²) in [4.78, 5) is 17.1. The molecule has 2 N–H and O–H groups in total. The summed E-state index contributed by atoms with van der Waals surface area (Å²) in [5, 5.41) is 0. The van der Waals surface area contributed by atoms with E-state index in [1.54, 1.807) is 6.92 Å². The van der Waals surface area contributed by atoms with Crippen molar-refractivity contribution in [3.8, 4) is 0 Å². The minimum atomic E-state index is -0.998. The third-order valence-corrected chi connectivity index (χ3v) is 5.47. The van der Waals surface area contributed by atoms with E-state index in [0.29, 0.717) is 6.04 Å². The maximum absolute atomic E-state index is 12.9. The zero-order chi connectivity index (χ0) is 16.5. The average molecular weight is 441 g/mol. The van der Waals surface area contributed by atoms with Gasteiger partial charge in [-0.05, 0) is 51.4 Å². The van der Waals surface area contributed by atoms with Crippen molar-refractivity contribution in [3.05, 3.63) is 34.3 Å². The monoisotopic (exact) mass is 439 g/mol. The summed E-state index contributed by atoms with van der Waals surface area (Å²) < 4.78 is 0.983. The van der Waals surface area contributed by atoms with E-state index in [1.165, 1.54) is 0 Å². The summed E-state index contributed by atoms with van der Waals surface area (Å²) in [7, 11) is 4.02. The van der Waals surface area contributed by atoms with Crippen LogP contribution in [0.5, 0.6) is 0 Å². The molecule has 1 amide bonds. The van der Waals surface area contributed by atoms with E-state index in [0.717, 1.165) is 29.4 Å². The predicted octanol–water partition coefficient (Wildman–Crippen LogP) is 3.41. The van der Waals surface area contributed by atoms with Crippen LogP contribution in [0.1, 0.15) is 32.3 Å². The Morgan fingerprint density at radius 3 is 2.38 bits per heavy atom. The molecule has 0 bridgehead atoms. The average Bonchev–Trinajstić information content (AvgIpc) is 2.49. The standard InChI is InChI=1S/C17H26BrN3O.2ClH/c1-12-11-15(9-10-20(12)3)21(4)16(22)17(2,19)13-5-7-14(18)8-6-13;;/h5-8,12,15H,9-11,19H2,1-4H3;2*1H. The number of likely N-dealkylation sites (N-methyl/N-ethyl adjacent to an activating group) is 1. The van der Waals surface area contributed by atoms with Gasteiger partial charge in [0.25, 0.3) is 0 Å². The van der Waals surface area contributed by atoms with Gasteiger partial charge in [-0.25, -0.2) is 0 Å². The summed E-state index contributed by atoms with van der Waals surface area (Å²) in [6, 6.07) is 8.42. The van der Waals surface area contributed by atoms with Crippen LogP contribution in [0, 0.1) is 0 Å². The van der Waals surface area contributed by atoms with E-state index in [2.05, 4.69) is 34.8 Å². The van der Waals surface area contributed by atoms with Gasteiger partial charge in [0, 0.05) is 30.1 Å². The summed E-state index contributed by atoms with van der Waals surface area (Å²) in [5.41, 5.74) is 6.23. The maximum atomic E-state index is 12.9. The number of hydrogen-bond acceptors (Lipinski definition) is 3. The van der Waals surface area contributed by atoms with Gasteiger partial charge in [-0.15, -0.1) is 24.8 Å². The predicted molar refractivity (Wildman–Crippen MR) is 108 cm³/mol. The lowest BCUT2D eigenvalue weighted by Crippen LogP contribution is -2.55. The fraction of sp³-hybridized carbons (Fsp3) is 0.588. The minimum Gasteiger partial charge on any atom is -0.341 e. The lowest BCUT2D eigenvalue weighted by molar-refractivity contribution is -0.138. The molecule has 2 rings (SSSR count). The van der Waals surface area contributed by atoms with E-state index in [1.807, 2.05) is 36.2 Å². The van der Waals surface area contributed by atoms with Crippen molar-refractivity contribution in [2.45, 2.75) is 44.3 Å². The highest BCUT2D eigenvalue weighted by atomic mass is 79.9. The zero-order valence-electron chi connectivity index (χ0n) is 14.7. The van der Waals surface area contributed by atoms with Crippen LogP contribution < -0.4 is 5.73 Å². The number of carbonyl (C=O) groups is 1. The second kappa shape index (κ2) is 9.39. The zero-order valence-corrected chi connectivity index (χ0v) is 17.9. The molecule has 0 aliphatic carbocycles. The van der Waals surface area contributed by atoms with Crippen molar-refractivity contribution in [2.24, 2.45) is 5.73 Å². The van der Waals surface area contributed by atoms with Gasteiger partial charge in [-0.3, -0.25) is 4.79 Å². The fourth-order valence-electron chi connectivity index (χ4n) is 3.07. The summed E-state index contributed by atoms with van der Waals surface area (Å²) in [6.07, 6.45) is 1.99. The van der Waals surface area contributed by atoms with Crippen molar-refractivity contribution in [3.63, 3.8) is 0 Å². The van der Waals surface area contributed by atoms with E-state index < -0.39 is 5.54 Å². The number of benzene rings is 1. The van der Waals surface area contributed by atoms with Crippen LogP contribution in [0.3, 0.4) is 0 Å². The molecule has 1 fully saturated rings. The number of nitrogens with zero attached hydrogens (tertiary/aromatic N) is 2. The number of amides is 1. The number of hydrogen-bond donors (Lipinski definition) is 1. The molecule has 1 aromatic carbocycles. The van der Waals surface area contributed by atoms with Crippen LogP contribution in [-0.4, -0.2) is 48.4 Å². The minimum absolute atomic E-state index is 0. The van der Waals surface area contributed by atoms with Crippen LogP contribution >= 0.6 is 40.7 Å². The number of carbonyl (C=O) groups excluding carboxylic acids is 1. The Labute approximate surface area is 166 Å². The molecule has 4 nitrogen and oxygen atoms in total. The number of likely N-dealkylation sites (tertiary alicyclic amines) is 1. The van der Waals surface area contributed by atoms with Gasteiger partial charge in [-0.2, -0.15) is 0 Å². The Bertz CT molecular complexity index is 539. The number of rotatable bonds is 3. The van der Waals surface area contributed by atoms with Gasteiger partial charge in [0.05, 0.1) is 0 Å². The van der Waals surface area contributed by atoms with Gasteiger partial charge in [0.1, 0.15) is 5.54 Å². The number of nitrogens with two attached hydrogens (primary N) is 1. The maximum Gasteiger partial charge on any atom is 0.246 e. The smallest absolute Gasteiger partial charge is 0.246 e. The van der Waals surface area contributed by atoms with E-state index in [-0.39, 0.29) is 36.8 Å². The Kier molecular flexibility index (Phi) is 9.26. The first-order chi connectivity index (χ1) is 10.2. The quantitative estimate of drug-likeness (QED) is 0.783. The van der Waals surface area contributed by atoms with Crippen molar-refractivity contribution >= 4 is 46.7 Å². The normalized spacial score (nSPS) is 23.4. The van der Waals surface area contributed by atoms with E-state index in [4.69, 9.17) is 5.73 Å². The molecule has 1 aliphatic heterocycles. The molecule has 0 spiro atoms. The molecule has 0 radical (unpaired) electrons. The summed E-state index contributed by atoms with van der Waals surface area (Å²) in [5.74, 6) is -0.0171. The summed E-state index contributed by atoms with van der Waals surface area (Å²) in [6.45, 7) is 5.03. The first-order valence-electron chi connectivity index (χ1n) is 7.76. The largest absolute Gasteiger partial charge is 0.341 e. The Hall–Kier alpha value is -0.330. The molecule has 24 heavy (non-hydrogen) atoms. The van der Waals surface area contributed by atoms with Crippen molar-refractivity contribution < 1.29 is 4.79 Å². The summed E-state index contributed by atoms with van der Waals surface area (Å²) >= 11 is 3.41. The fourth-order valence-corrected chi connectivity index (χ4v) is 3.33. The highest BCUT2D eigenvalue weighted by Gasteiger charge is 2.37. The topological polar surface area (TPSA) is 49.6 Å². The first kappa shape index (κ1) is 23.7. The first-order valence-corrected chi connectivity index (χ1v) is 8.55. The highest BCUT2D eigenvalue weighted by molar-refractivity contribution is 9.10. The molecule has 7 heteroatoms. The third kappa shape index (κ3) is 5.09. The van der Waals surface area contributed by atoms with Gasteiger partial charge < -0.3 is 15.5 Å². The third-order valence-electron chi connectivity index (χ3n) is 4.94. The van der Waals surface area contributed by atoms with Gasteiger partial charge >= 0.3 is 0 Å². The molecule has 1 aromatic rings. The Balaban J connectivity index is 0.00000264. The molecular formula is C17H28BrCl2N3O. The van der Waals surface area contributed by atoms with Gasteiger partial charge in [0.15, 0.2) is 0 Å². The second-order valence-electron chi connectivity index (χ2n) is 6.63. The van der Waals surface area contributed by atoms with Gasteiger partial charge in [-0.1, -0.05) is 28.1 Å². The van der Waals surface area contributed by atoms with Crippen LogP contribution in [0.25, 0.3) is 0 Å². The highest BCUT2D eigenvalue weighted by Crippen LogP contribution is 2.26. The van der Waals surface area contributed by atoms with Crippen molar-refractivity contribution in [1.82, 2.24) is 9.80 Å². The molecule has 138 valence electrons. The van der Waals surface area contributed by atoms with Crippen molar-refractivity contribution in [2.75, 3.05) is 20.6 Å². The molecule has 1 heterocycles. The Morgan fingerprint density at radius 2 is 1.88 bits per heavy atom. The van der Waals surface area contributed by atoms with E-state index in [9.17, 15) is 4.79 Å². The lowest BCUT2D eigenvalue weighted by atomic mass is 9.89. The van der Waals surface area contributed by atoms with Crippen LogP contribution in [0.2, 0.25) is 0 Å². The van der Waals surface area contributed by atoms with Crippen LogP contribution in [0.15, 0.2) is 28.7 Å². The molecule has 0 saturated carbocycles. The lowest BCUT2D eigenvalue weighted by Gasteiger charge is -2.41. The van der Waals surface area contributed by atoms with E-state index >= 15 is 0 Å². The molecule has 0 aromatic heterocycles. The molecule has 1 saturated heterocycles. The molecule has 3 atom stereocenters. The van der Waals surface area contributed by atoms with Crippen LogP contribution in [-0.2, 0) is 10.3 Å².